The van der Waals surface area contributed by atoms with Crippen molar-refractivity contribution < 1.29 is 0 Å². The summed E-state index contributed by atoms with van der Waals surface area (Å²) in [6.45, 7) is 4.72. The molecule has 1 aromatic heterocycles. The van der Waals surface area contributed by atoms with E-state index in [-0.39, 0.29) is 5.41 Å². The van der Waals surface area contributed by atoms with E-state index in [1.165, 1.54) is 64.7 Å². The Hall–Kier alpha value is -5.44. The van der Waals surface area contributed by atoms with Crippen LogP contribution in [0.2, 0.25) is 0 Å². The van der Waals surface area contributed by atoms with Crippen molar-refractivity contribution in [1.82, 2.24) is 0 Å². The second-order valence-corrected chi connectivity index (χ2v) is 14.0. The van der Waals surface area contributed by atoms with Crippen LogP contribution < -0.4 is 4.90 Å². The molecule has 0 unspecified atom stereocenters. The van der Waals surface area contributed by atoms with E-state index < -0.39 is 0 Å². The fourth-order valence-corrected chi connectivity index (χ4v) is 8.87. The quantitative estimate of drug-likeness (QED) is 0.185. The molecule has 0 bridgehead atoms. The maximum atomic E-state index is 2.47. The van der Waals surface area contributed by atoms with Crippen LogP contribution in [0.5, 0.6) is 0 Å². The van der Waals surface area contributed by atoms with Gasteiger partial charge in [0, 0.05) is 48.1 Å². The summed E-state index contributed by atoms with van der Waals surface area (Å²) < 4.78 is 2.63. The molecular formula is C45H33NS. The highest BCUT2D eigenvalue weighted by Gasteiger charge is 2.36. The summed E-state index contributed by atoms with van der Waals surface area (Å²) in [5.41, 5.74) is 13.7. The van der Waals surface area contributed by atoms with Crippen molar-refractivity contribution in [2.24, 2.45) is 0 Å². The Morgan fingerprint density at radius 2 is 1.11 bits per heavy atom. The molecule has 47 heavy (non-hydrogen) atoms. The lowest BCUT2D eigenvalue weighted by atomic mass is 9.82. The topological polar surface area (TPSA) is 3.24 Å². The number of nitrogens with zero attached hydrogens (tertiary/aromatic N) is 1. The molecule has 8 aromatic rings. The molecule has 0 spiro atoms. The number of rotatable bonds is 5. The van der Waals surface area contributed by atoms with E-state index in [0.717, 1.165) is 17.1 Å². The zero-order chi connectivity index (χ0) is 31.5. The summed E-state index contributed by atoms with van der Waals surface area (Å²) in [4.78, 5) is 2.47. The molecule has 2 heteroatoms. The molecule has 1 aliphatic rings. The highest BCUT2D eigenvalue weighted by atomic mass is 32.1. The molecule has 1 nitrogen and oxygen atoms in total. The van der Waals surface area contributed by atoms with Crippen LogP contribution in [0.25, 0.3) is 53.6 Å². The zero-order valence-corrected chi connectivity index (χ0v) is 27.3. The van der Waals surface area contributed by atoms with Crippen LogP contribution in [0.3, 0.4) is 0 Å². The molecule has 0 aliphatic heterocycles. The molecule has 0 fully saturated rings. The van der Waals surface area contributed by atoms with Crippen molar-refractivity contribution in [3.8, 4) is 33.4 Å². The number of fused-ring (bicyclic) bond motifs is 6. The zero-order valence-electron chi connectivity index (χ0n) is 26.4. The van der Waals surface area contributed by atoms with Gasteiger partial charge in [-0.3, -0.25) is 0 Å². The molecule has 9 rings (SSSR count). The van der Waals surface area contributed by atoms with E-state index >= 15 is 0 Å². The Labute approximate surface area is 280 Å². The predicted molar refractivity (Wildman–Crippen MR) is 202 cm³/mol. The van der Waals surface area contributed by atoms with Crippen molar-refractivity contribution in [2.75, 3.05) is 4.90 Å². The molecule has 224 valence electrons. The lowest BCUT2D eigenvalue weighted by molar-refractivity contribution is 0.660. The van der Waals surface area contributed by atoms with Crippen LogP contribution in [-0.4, -0.2) is 0 Å². The van der Waals surface area contributed by atoms with Gasteiger partial charge in [-0.1, -0.05) is 141 Å². The van der Waals surface area contributed by atoms with Crippen LogP contribution in [-0.2, 0) is 5.41 Å². The van der Waals surface area contributed by atoms with Gasteiger partial charge in [-0.2, -0.15) is 0 Å². The molecule has 7 aromatic carbocycles. The van der Waals surface area contributed by atoms with Gasteiger partial charge in [0.2, 0.25) is 0 Å². The number of thiophene rings is 1. The van der Waals surface area contributed by atoms with Crippen LogP contribution in [0.1, 0.15) is 25.0 Å². The molecule has 1 aliphatic carbocycles. The van der Waals surface area contributed by atoms with Gasteiger partial charge >= 0.3 is 0 Å². The molecular weight excluding hydrogens is 587 g/mol. The van der Waals surface area contributed by atoms with E-state index in [1.54, 1.807) is 0 Å². The number of hydrogen-bond acceptors (Lipinski definition) is 2. The third-order valence-electron chi connectivity index (χ3n) is 9.88. The predicted octanol–water partition coefficient (Wildman–Crippen LogP) is 13.2. The Kier molecular flexibility index (Phi) is 6.41. The van der Waals surface area contributed by atoms with Crippen molar-refractivity contribution in [3.05, 3.63) is 175 Å². The molecule has 0 saturated heterocycles. The van der Waals surface area contributed by atoms with Crippen molar-refractivity contribution in [2.45, 2.75) is 19.3 Å². The van der Waals surface area contributed by atoms with Crippen LogP contribution >= 0.6 is 11.3 Å². The number of para-hydroxylation sites is 1. The van der Waals surface area contributed by atoms with Crippen molar-refractivity contribution >= 4 is 48.6 Å². The first kappa shape index (κ1) is 27.8. The minimum absolute atomic E-state index is 0.0956. The summed E-state index contributed by atoms with van der Waals surface area (Å²) in [7, 11) is 0. The molecule has 0 atom stereocenters. The van der Waals surface area contributed by atoms with Gasteiger partial charge in [-0.25, -0.2) is 0 Å². The van der Waals surface area contributed by atoms with Gasteiger partial charge in [0.05, 0.1) is 5.69 Å². The van der Waals surface area contributed by atoms with Gasteiger partial charge < -0.3 is 4.90 Å². The summed E-state index contributed by atoms with van der Waals surface area (Å²) in [5, 5.41) is 2.62. The van der Waals surface area contributed by atoms with Gasteiger partial charge in [-0.05, 0) is 69.8 Å². The Morgan fingerprint density at radius 3 is 1.96 bits per heavy atom. The van der Waals surface area contributed by atoms with Crippen LogP contribution in [0, 0.1) is 0 Å². The molecule has 0 saturated carbocycles. The van der Waals surface area contributed by atoms with E-state index in [0.29, 0.717) is 0 Å². The Balaban J connectivity index is 1.35. The van der Waals surface area contributed by atoms with Crippen molar-refractivity contribution in [1.29, 1.82) is 0 Å². The SMILES string of the molecule is CC1(C)c2ccccc2-c2ccc(N(c3ccccc3)c3cccc(-c4ccccc4)c3-c3cccc4c3sc3ccccc34)cc21. The lowest BCUT2D eigenvalue weighted by Crippen LogP contribution is -2.17. The smallest absolute Gasteiger partial charge is 0.0546 e. The standard InChI is InChI=1S/C45H33NS/c1-45(2)39-24-11-9-19-34(39)35-28-27-32(29-40(35)45)46(31-17-7-4-8-18-31)41-25-14-21-33(30-15-5-3-6-16-30)43(41)38-23-13-22-37-36-20-10-12-26-42(36)47-44(37)38/h3-29H,1-2H3. The second kappa shape index (κ2) is 10.8. The first-order valence-electron chi connectivity index (χ1n) is 16.3. The molecule has 0 amide bonds. The van der Waals surface area contributed by atoms with Gasteiger partial charge in [-0.15, -0.1) is 11.3 Å². The second-order valence-electron chi connectivity index (χ2n) is 12.9. The number of benzene rings is 7. The van der Waals surface area contributed by atoms with E-state index in [4.69, 9.17) is 0 Å². The first-order chi connectivity index (χ1) is 23.1. The summed E-state index contributed by atoms with van der Waals surface area (Å²) in [6.07, 6.45) is 0. The molecule has 0 radical (unpaired) electrons. The molecule has 1 heterocycles. The van der Waals surface area contributed by atoms with Gasteiger partial charge in [0.25, 0.3) is 0 Å². The maximum Gasteiger partial charge on any atom is 0.0546 e. The highest BCUT2D eigenvalue weighted by molar-refractivity contribution is 7.26. The van der Waals surface area contributed by atoms with E-state index in [9.17, 15) is 0 Å². The first-order valence-corrected chi connectivity index (χ1v) is 17.1. The number of hydrogen-bond donors (Lipinski definition) is 0. The fourth-order valence-electron chi connectivity index (χ4n) is 7.65. The summed E-state index contributed by atoms with van der Waals surface area (Å²) >= 11 is 1.89. The monoisotopic (exact) mass is 619 g/mol. The van der Waals surface area contributed by atoms with E-state index in [2.05, 4.69) is 183 Å². The molecule has 0 N–H and O–H groups in total. The highest BCUT2D eigenvalue weighted by Crippen LogP contribution is 2.53. The van der Waals surface area contributed by atoms with E-state index in [1.807, 2.05) is 11.3 Å². The van der Waals surface area contributed by atoms with Crippen LogP contribution in [0.4, 0.5) is 17.1 Å². The number of anilines is 3. The normalized spacial score (nSPS) is 13.1. The average Bonchev–Trinajstić information content (AvgIpc) is 3.62. The fraction of sp³-hybridized carbons (Fsp3) is 0.0667. The third kappa shape index (κ3) is 4.36. The third-order valence-corrected chi connectivity index (χ3v) is 11.1. The minimum atomic E-state index is -0.0956. The summed E-state index contributed by atoms with van der Waals surface area (Å²) in [5.74, 6) is 0. The Morgan fingerprint density at radius 1 is 0.468 bits per heavy atom. The van der Waals surface area contributed by atoms with Gasteiger partial charge in [0.15, 0.2) is 0 Å². The van der Waals surface area contributed by atoms with Gasteiger partial charge in [0.1, 0.15) is 0 Å². The summed E-state index contributed by atoms with van der Waals surface area (Å²) in [6, 6.07) is 60.0. The maximum absolute atomic E-state index is 2.47. The van der Waals surface area contributed by atoms with Crippen molar-refractivity contribution in [3.63, 3.8) is 0 Å². The van der Waals surface area contributed by atoms with Crippen LogP contribution in [0.15, 0.2) is 164 Å². The lowest BCUT2D eigenvalue weighted by Gasteiger charge is -2.31. The largest absolute Gasteiger partial charge is 0.310 e. The Bertz CT molecular complexity index is 2440. The minimum Gasteiger partial charge on any atom is -0.310 e. The average molecular weight is 620 g/mol.